The van der Waals surface area contributed by atoms with E-state index < -0.39 is 10.3 Å². The van der Waals surface area contributed by atoms with Gasteiger partial charge in [-0.1, -0.05) is 6.42 Å². The minimum Gasteiger partial charge on any atom is -0.273 e. The van der Waals surface area contributed by atoms with Gasteiger partial charge in [-0.3, -0.25) is 4.55 Å². The van der Waals surface area contributed by atoms with E-state index in [9.17, 15) is 8.42 Å². The second-order valence-corrected chi connectivity index (χ2v) is 4.67. The molecular weight excluding hydrogens is 166 g/mol. The normalized spacial score (nSPS) is 38.3. The zero-order chi connectivity index (χ0) is 8.06. The quantitative estimate of drug-likeness (QED) is 0.585. The maximum atomic E-state index is 10.6. The van der Waals surface area contributed by atoms with Crippen LogP contribution in [-0.4, -0.2) is 29.9 Å². The molecule has 64 valence electrons. The Bertz CT molecular complexity index is 261. The zero-order valence-electron chi connectivity index (χ0n) is 6.10. The van der Waals surface area contributed by atoms with Crippen LogP contribution in [0.4, 0.5) is 0 Å². The van der Waals surface area contributed by atoms with Gasteiger partial charge in [0.15, 0.2) is 0 Å². The van der Waals surface area contributed by atoms with E-state index in [1.807, 2.05) is 0 Å². The van der Waals surface area contributed by atoms with Crippen molar-refractivity contribution in [1.82, 2.24) is 4.31 Å². The standard InChI is InChI=1S/C6H11NO3S/c8-11(9,10)7-4-5-2-1-3-6(5)7/h5-6H,1-4H2,(H,8,9,10). The van der Waals surface area contributed by atoms with Gasteiger partial charge in [-0.05, 0) is 18.8 Å². The molecule has 0 aromatic rings. The van der Waals surface area contributed by atoms with E-state index in [1.165, 1.54) is 4.31 Å². The lowest BCUT2D eigenvalue weighted by Crippen LogP contribution is -2.55. The third kappa shape index (κ3) is 1.07. The van der Waals surface area contributed by atoms with Crippen LogP contribution in [0.5, 0.6) is 0 Å². The molecule has 1 saturated heterocycles. The van der Waals surface area contributed by atoms with Crippen molar-refractivity contribution in [3.63, 3.8) is 0 Å². The van der Waals surface area contributed by atoms with E-state index in [2.05, 4.69) is 0 Å². The molecule has 1 saturated carbocycles. The number of hydrogen-bond donors (Lipinski definition) is 1. The Morgan fingerprint density at radius 2 is 2.09 bits per heavy atom. The Hall–Kier alpha value is -0.130. The predicted molar refractivity (Wildman–Crippen MR) is 39.4 cm³/mol. The third-order valence-corrected chi connectivity index (χ3v) is 3.71. The van der Waals surface area contributed by atoms with Gasteiger partial charge in [0.25, 0.3) is 0 Å². The summed E-state index contributed by atoms with van der Waals surface area (Å²) in [6, 6.07) is 0.116. The fourth-order valence-electron chi connectivity index (χ4n) is 2.10. The molecule has 4 nitrogen and oxygen atoms in total. The van der Waals surface area contributed by atoms with E-state index in [1.54, 1.807) is 0 Å². The second kappa shape index (κ2) is 2.18. The largest absolute Gasteiger partial charge is 0.336 e. The van der Waals surface area contributed by atoms with Crippen LogP contribution in [0.15, 0.2) is 0 Å². The van der Waals surface area contributed by atoms with Gasteiger partial charge in [-0.25, -0.2) is 0 Å². The van der Waals surface area contributed by atoms with Crippen LogP contribution in [0.25, 0.3) is 0 Å². The van der Waals surface area contributed by atoms with Crippen LogP contribution in [0.3, 0.4) is 0 Å². The van der Waals surface area contributed by atoms with Crippen LogP contribution < -0.4 is 0 Å². The highest BCUT2D eigenvalue weighted by molar-refractivity contribution is 7.83. The van der Waals surface area contributed by atoms with E-state index >= 15 is 0 Å². The molecule has 2 atom stereocenters. The summed E-state index contributed by atoms with van der Waals surface area (Å²) >= 11 is 0. The minimum atomic E-state index is -3.89. The molecule has 5 heteroatoms. The fourth-order valence-corrected chi connectivity index (χ4v) is 3.10. The van der Waals surface area contributed by atoms with E-state index in [4.69, 9.17) is 4.55 Å². The maximum Gasteiger partial charge on any atom is 0.336 e. The smallest absolute Gasteiger partial charge is 0.273 e. The van der Waals surface area contributed by atoms with Crippen molar-refractivity contribution in [3.8, 4) is 0 Å². The van der Waals surface area contributed by atoms with Gasteiger partial charge in [0.2, 0.25) is 0 Å². The van der Waals surface area contributed by atoms with Crippen molar-refractivity contribution in [2.75, 3.05) is 6.54 Å². The van der Waals surface area contributed by atoms with E-state index in [0.29, 0.717) is 12.5 Å². The molecule has 1 heterocycles. The lowest BCUT2D eigenvalue weighted by Gasteiger charge is -2.41. The Kier molecular flexibility index (Phi) is 1.49. The molecule has 0 aromatic heterocycles. The first-order valence-corrected chi connectivity index (χ1v) is 5.23. The highest BCUT2D eigenvalue weighted by Crippen LogP contribution is 2.39. The number of hydrogen-bond acceptors (Lipinski definition) is 2. The first kappa shape index (κ1) is 7.52. The van der Waals surface area contributed by atoms with Gasteiger partial charge >= 0.3 is 10.3 Å². The number of fused-ring (bicyclic) bond motifs is 1. The van der Waals surface area contributed by atoms with Crippen LogP contribution >= 0.6 is 0 Å². The summed E-state index contributed by atoms with van der Waals surface area (Å²) in [5.74, 6) is 0.525. The molecule has 2 aliphatic rings. The molecule has 1 aliphatic heterocycles. The van der Waals surface area contributed by atoms with Crippen molar-refractivity contribution in [2.24, 2.45) is 5.92 Å². The first-order chi connectivity index (χ1) is 5.09. The molecule has 0 radical (unpaired) electrons. The zero-order valence-corrected chi connectivity index (χ0v) is 6.92. The summed E-state index contributed by atoms with van der Waals surface area (Å²) in [5, 5.41) is 0. The van der Waals surface area contributed by atoms with Crippen molar-refractivity contribution >= 4 is 10.3 Å². The highest BCUT2D eigenvalue weighted by Gasteiger charge is 2.47. The lowest BCUT2D eigenvalue weighted by molar-refractivity contribution is 0.118. The van der Waals surface area contributed by atoms with Crippen LogP contribution in [-0.2, 0) is 10.3 Å². The summed E-state index contributed by atoms with van der Waals surface area (Å²) < 4.78 is 31.2. The second-order valence-electron chi connectivity index (χ2n) is 3.31. The molecule has 0 aromatic carbocycles. The molecular formula is C6H11NO3S. The van der Waals surface area contributed by atoms with Gasteiger partial charge < -0.3 is 0 Å². The van der Waals surface area contributed by atoms with Gasteiger partial charge in [0, 0.05) is 12.6 Å². The topological polar surface area (TPSA) is 57.6 Å². The predicted octanol–water partition coefficient (Wildman–Crippen LogP) is 0.273. The molecule has 2 fully saturated rings. The molecule has 0 bridgehead atoms. The summed E-state index contributed by atoms with van der Waals surface area (Å²) in [5.41, 5.74) is 0. The first-order valence-electron chi connectivity index (χ1n) is 3.83. The Morgan fingerprint density at radius 1 is 1.36 bits per heavy atom. The SMILES string of the molecule is O=S(=O)(O)N1CC2CCCC21. The Labute approximate surface area is 66.1 Å². The Balaban J connectivity index is 2.12. The number of rotatable bonds is 1. The molecule has 1 N–H and O–H groups in total. The average molecular weight is 177 g/mol. The molecule has 0 amide bonds. The van der Waals surface area contributed by atoms with Crippen molar-refractivity contribution in [1.29, 1.82) is 0 Å². The summed E-state index contributed by atoms with van der Waals surface area (Å²) in [4.78, 5) is 0. The van der Waals surface area contributed by atoms with Gasteiger partial charge in [0.05, 0.1) is 0 Å². The summed E-state index contributed by atoms with van der Waals surface area (Å²) in [7, 11) is -3.89. The van der Waals surface area contributed by atoms with Crippen LogP contribution in [0, 0.1) is 5.92 Å². The average Bonchev–Trinajstić information content (AvgIpc) is 2.08. The lowest BCUT2D eigenvalue weighted by atomic mass is 9.96. The highest BCUT2D eigenvalue weighted by atomic mass is 32.2. The van der Waals surface area contributed by atoms with Crippen molar-refractivity contribution in [2.45, 2.75) is 25.3 Å². The van der Waals surface area contributed by atoms with Crippen molar-refractivity contribution in [3.05, 3.63) is 0 Å². The monoisotopic (exact) mass is 177 g/mol. The molecule has 11 heavy (non-hydrogen) atoms. The summed E-state index contributed by atoms with van der Waals surface area (Å²) in [6.07, 6.45) is 3.14. The van der Waals surface area contributed by atoms with E-state index in [0.717, 1.165) is 19.3 Å². The van der Waals surface area contributed by atoms with Gasteiger partial charge in [-0.2, -0.15) is 12.7 Å². The van der Waals surface area contributed by atoms with Crippen LogP contribution in [0.2, 0.25) is 0 Å². The molecule has 1 aliphatic carbocycles. The molecule has 2 unspecified atom stereocenters. The Morgan fingerprint density at radius 3 is 2.64 bits per heavy atom. The maximum absolute atomic E-state index is 10.6. The molecule has 2 rings (SSSR count). The minimum absolute atomic E-state index is 0.116. The third-order valence-electron chi connectivity index (χ3n) is 2.70. The van der Waals surface area contributed by atoms with Crippen molar-refractivity contribution < 1.29 is 13.0 Å². The molecule has 0 spiro atoms. The van der Waals surface area contributed by atoms with Gasteiger partial charge in [-0.15, -0.1) is 0 Å². The fraction of sp³-hybridized carbons (Fsp3) is 1.00. The van der Waals surface area contributed by atoms with Gasteiger partial charge in [0.1, 0.15) is 0 Å². The van der Waals surface area contributed by atoms with Crippen LogP contribution in [0.1, 0.15) is 19.3 Å². The number of nitrogens with zero attached hydrogens (tertiary/aromatic N) is 1. The summed E-state index contributed by atoms with van der Waals surface area (Å²) in [6.45, 7) is 0.531. The van der Waals surface area contributed by atoms with E-state index in [-0.39, 0.29) is 6.04 Å².